The molecule has 0 aliphatic carbocycles. The lowest BCUT2D eigenvalue weighted by Gasteiger charge is -2.16. The predicted molar refractivity (Wildman–Crippen MR) is 91.1 cm³/mol. The molecule has 2 aromatic rings. The summed E-state index contributed by atoms with van der Waals surface area (Å²) in [5.74, 6) is 0.970. The van der Waals surface area contributed by atoms with E-state index in [1.807, 2.05) is 19.1 Å². The summed E-state index contributed by atoms with van der Waals surface area (Å²) in [6.07, 6.45) is 2.10. The number of hydrogen-bond acceptors (Lipinski definition) is 3. The predicted octanol–water partition coefficient (Wildman–Crippen LogP) is 4.66. The molecule has 0 aliphatic heterocycles. The molecular weight excluding hydrogens is 278 g/mol. The summed E-state index contributed by atoms with van der Waals surface area (Å²) in [4.78, 5) is 1.30. The number of rotatable bonds is 7. The van der Waals surface area contributed by atoms with Gasteiger partial charge in [-0.3, -0.25) is 0 Å². The molecule has 0 bridgehead atoms. The SMILES string of the molecule is CCOc1ccccc1CNC(C)c1ccc(SC)cc1. The van der Waals surface area contributed by atoms with Crippen molar-refractivity contribution in [2.24, 2.45) is 0 Å². The Morgan fingerprint density at radius 2 is 1.81 bits per heavy atom. The summed E-state index contributed by atoms with van der Waals surface area (Å²) >= 11 is 1.77. The third-order valence-electron chi connectivity index (χ3n) is 3.49. The average molecular weight is 301 g/mol. The Balaban J connectivity index is 1.98. The Morgan fingerprint density at radius 3 is 2.48 bits per heavy atom. The molecule has 0 fully saturated rings. The van der Waals surface area contributed by atoms with Crippen LogP contribution < -0.4 is 10.1 Å². The molecule has 0 saturated heterocycles. The molecule has 0 spiro atoms. The number of ether oxygens (including phenoxy) is 1. The first-order valence-corrected chi connectivity index (χ1v) is 8.55. The summed E-state index contributed by atoms with van der Waals surface area (Å²) in [7, 11) is 0. The molecule has 2 nitrogen and oxygen atoms in total. The normalized spacial score (nSPS) is 12.1. The fraction of sp³-hybridized carbons (Fsp3) is 0.333. The van der Waals surface area contributed by atoms with Crippen molar-refractivity contribution < 1.29 is 4.74 Å². The van der Waals surface area contributed by atoms with Gasteiger partial charge in [-0.2, -0.15) is 0 Å². The monoisotopic (exact) mass is 301 g/mol. The molecule has 2 aromatic carbocycles. The lowest BCUT2D eigenvalue weighted by molar-refractivity contribution is 0.335. The van der Waals surface area contributed by atoms with Crippen LogP contribution in [0, 0.1) is 0 Å². The van der Waals surface area contributed by atoms with Crippen molar-refractivity contribution in [3.05, 3.63) is 59.7 Å². The molecule has 0 amide bonds. The summed E-state index contributed by atoms with van der Waals surface area (Å²) in [5, 5.41) is 3.56. The Bertz CT molecular complexity index is 553. The highest BCUT2D eigenvalue weighted by molar-refractivity contribution is 7.98. The zero-order chi connectivity index (χ0) is 15.1. The van der Waals surface area contributed by atoms with Gasteiger partial charge in [-0.15, -0.1) is 11.8 Å². The molecule has 0 radical (unpaired) electrons. The van der Waals surface area contributed by atoms with Crippen LogP contribution in [0.4, 0.5) is 0 Å². The van der Waals surface area contributed by atoms with Crippen LogP contribution in [0.2, 0.25) is 0 Å². The van der Waals surface area contributed by atoms with Crippen LogP contribution in [0.5, 0.6) is 5.75 Å². The number of thioether (sulfide) groups is 1. The fourth-order valence-corrected chi connectivity index (χ4v) is 2.63. The number of nitrogens with one attached hydrogen (secondary N) is 1. The van der Waals surface area contributed by atoms with Crippen molar-refractivity contribution >= 4 is 11.8 Å². The summed E-state index contributed by atoms with van der Waals surface area (Å²) in [6.45, 7) is 5.71. The van der Waals surface area contributed by atoms with Crippen molar-refractivity contribution in [3.8, 4) is 5.75 Å². The van der Waals surface area contributed by atoms with Crippen molar-refractivity contribution in [1.29, 1.82) is 0 Å². The molecule has 0 heterocycles. The molecule has 112 valence electrons. The van der Waals surface area contributed by atoms with E-state index in [9.17, 15) is 0 Å². The third kappa shape index (κ3) is 4.51. The van der Waals surface area contributed by atoms with Crippen LogP contribution in [-0.4, -0.2) is 12.9 Å². The minimum absolute atomic E-state index is 0.315. The molecule has 21 heavy (non-hydrogen) atoms. The second-order valence-electron chi connectivity index (χ2n) is 4.92. The first-order chi connectivity index (χ1) is 10.2. The van der Waals surface area contributed by atoms with E-state index in [2.05, 4.69) is 54.9 Å². The standard InChI is InChI=1S/C18H23NOS/c1-4-20-18-8-6-5-7-16(18)13-19-14(2)15-9-11-17(21-3)12-10-15/h5-12,14,19H,4,13H2,1-3H3. The Morgan fingerprint density at radius 1 is 1.10 bits per heavy atom. The highest BCUT2D eigenvalue weighted by Gasteiger charge is 2.07. The lowest BCUT2D eigenvalue weighted by atomic mass is 10.1. The molecule has 0 aliphatic rings. The zero-order valence-electron chi connectivity index (χ0n) is 12.9. The van der Waals surface area contributed by atoms with E-state index in [0.717, 1.165) is 12.3 Å². The Hall–Kier alpha value is -1.45. The van der Waals surface area contributed by atoms with Gasteiger partial charge in [0.2, 0.25) is 0 Å². The van der Waals surface area contributed by atoms with E-state index < -0.39 is 0 Å². The molecule has 1 N–H and O–H groups in total. The van der Waals surface area contributed by atoms with Gasteiger partial charge in [0.25, 0.3) is 0 Å². The van der Waals surface area contributed by atoms with Crippen molar-refractivity contribution in [3.63, 3.8) is 0 Å². The Kier molecular flexibility index (Phi) is 6.15. The molecule has 0 saturated carbocycles. The fourth-order valence-electron chi connectivity index (χ4n) is 2.22. The van der Waals surface area contributed by atoms with Gasteiger partial charge in [0.15, 0.2) is 0 Å². The largest absolute Gasteiger partial charge is 0.494 e. The number of para-hydroxylation sites is 1. The second-order valence-corrected chi connectivity index (χ2v) is 5.80. The quantitative estimate of drug-likeness (QED) is 0.752. The zero-order valence-corrected chi connectivity index (χ0v) is 13.7. The molecule has 3 heteroatoms. The smallest absolute Gasteiger partial charge is 0.123 e. The Labute approximate surface area is 131 Å². The minimum atomic E-state index is 0.315. The van der Waals surface area contributed by atoms with Gasteiger partial charge < -0.3 is 10.1 Å². The van der Waals surface area contributed by atoms with Gasteiger partial charge in [-0.05, 0) is 43.9 Å². The van der Waals surface area contributed by atoms with E-state index >= 15 is 0 Å². The van der Waals surface area contributed by atoms with E-state index in [0.29, 0.717) is 12.6 Å². The van der Waals surface area contributed by atoms with Crippen molar-refractivity contribution in [2.45, 2.75) is 31.3 Å². The maximum absolute atomic E-state index is 5.66. The van der Waals surface area contributed by atoms with Gasteiger partial charge in [0.05, 0.1) is 6.61 Å². The second kappa shape index (κ2) is 8.11. The van der Waals surface area contributed by atoms with Crippen LogP contribution in [-0.2, 0) is 6.54 Å². The number of benzene rings is 2. The van der Waals surface area contributed by atoms with E-state index in [1.54, 1.807) is 11.8 Å². The van der Waals surface area contributed by atoms with Gasteiger partial charge >= 0.3 is 0 Å². The number of hydrogen-bond donors (Lipinski definition) is 1. The van der Waals surface area contributed by atoms with E-state index in [4.69, 9.17) is 4.74 Å². The molecule has 1 unspecified atom stereocenters. The van der Waals surface area contributed by atoms with Crippen LogP contribution in [0.15, 0.2) is 53.4 Å². The maximum atomic E-state index is 5.66. The summed E-state index contributed by atoms with van der Waals surface area (Å²) in [5.41, 5.74) is 2.51. The summed E-state index contributed by atoms with van der Waals surface area (Å²) in [6, 6.07) is 17.3. The topological polar surface area (TPSA) is 21.3 Å². The highest BCUT2D eigenvalue weighted by Crippen LogP contribution is 2.21. The van der Waals surface area contributed by atoms with E-state index in [-0.39, 0.29) is 0 Å². The first kappa shape index (κ1) is 15.9. The van der Waals surface area contributed by atoms with Crippen LogP contribution in [0.3, 0.4) is 0 Å². The molecule has 2 rings (SSSR count). The van der Waals surface area contributed by atoms with Crippen molar-refractivity contribution in [1.82, 2.24) is 5.32 Å². The highest BCUT2D eigenvalue weighted by atomic mass is 32.2. The molecule has 0 aromatic heterocycles. The first-order valence-electron chi connectivity index (χ1n) is 7.32. The van der Waals surface area contributed by atoms with Crippen LogP contribution in [0.1, 0.15) is 31.0 Å². The van der Waals surface area contributed by atoms with Gasteiger partial charge in [-0.1, -0.05) is 30.3 Å². The lowest BCUT2D eigenvalue weighted by Crippen LogP contribution is -2.18. The maximum Gasteiger partial charge on any atom is 0.123 e. The third-order valence-corrected chi connectivity index (χ3v) is 4.23. The average Bonchev–Trinajstić information content (AvgIpc) is 2.54. The van der Waals surface area contributed by atoms with Gasteiger partial charge in [0.1, 0.15) is 5.75 Å². The van der Waals surface area contributed by atoms with Crippen molar-refractivity contribution in [2.75, 3.05) is 12.9 Å². The van der Waals surface area contributed by atoms with Crippen LogP contribution in [0.25, 0.3) is 0 Å². The summed E-state index contributed by atoms with van der Waals surface area (Å²) < 4.78 is 5.66. The van der Waals surface area contributed by atoms with Gasteiger partial charge in [-0.25, -0.2) is 0 Å². The minimum Gasteiger partial charge on any atom is -0.494 e. The van der Waals surface area contributed by atoms with Crippen LogP contribution >= 0.6 is 11.8 Å². The van der Waals surface area contributed by atoms with E-state index in [1.165, 1.54) is 16.0 Å². The molecular formula is C18H23NOS. The molecule has 1 atom stereocenters. The van der Waals surface area contributed by atoms with Gasteiger partial charge in [0, 0.05) is 23.0 Å².